The van der Waals surface area contributed by atoms with Crippen LogP contribution in [0.2, 0.25) is 0 Å². The van der Waals surface area contributed by atoms with Gasteiger partial charge in [-0.2, -0.15) is 0 Å². The maximum Gasteiger partial charge on any atom is 0.306 e. The molecule has 0 N–H and O–H groups in total. The van der Waals surface area contributed by atoms with Crippen LogP contribution in [-0.4, -0.2) is 18.0 Å². The molecular weight excluding hydrogens is 340 g/mol. The zero-order valence-electron chi connectivity index (χ0n) is 15.4. The first-order valence-corrected chi connectivity index (χ1v) is 9.48. The lowest BCUT2D eigenvalue weighted by Gasteiger charge is -2.20. The second-order valence-corrected chi connectivity index (χ2v) is 6.79. The molecule has 0 aliphatic rings. The minimum Gasteiger partial charge on any atom is -0.462 e. The van der Waals surface area contributed by atoms with E-state index in [-0.39, 0.29) is 37.5 Å². The number of carbonyl (C=O) groups is 2. The van der Waals surface area contributed by atoms with E-state index >= 15 is 0 Å². The number of hydrogen-bond acceptors (Lipinski definition) is 4. The van der Waals surface area contributed by atoms with Crippen molar-refractivity contribution in [1.82, 2.24) is 0 Å². The van der Waals surface area contributed by atoms with Crippen molar-refractivity contribution in [3.05, 3.63) is 35.4 Å². The van der Waals surface area contributed by atoms with Crippen LogP contribution in [0.25, 0.3) is 0 Å². The normalized spacial score (nSPS) is 12.0. The molecule has 0 radical (unpaired) electrons. The Hall–Kier alpha value is -1.55. The fraction of sp³-hybridized carbons (Fsp3) is 0.600. The summed E-state index contributed by atoms with van der Waals surface area (Å²) in [6.07, 6.45) is 2.71. The molecule has 0 bridgehead atoms. The first kappa shape index (κ1) is 21.5. The van der Waals surface area contributed by atoms with E-state index in [1.54, 1.807) is 0 Å². The fourth-order valence-electron chi connectivity index (χ4n) is 2.38. The molecule has 1 unspecified atom stereocenters. The molecule has 5 heteroatoms. The smallest absolute Gasteiger partial charge is 0.306 e. The van der Waals surface area contributed by atoms with Gasteiger partial charge in [-0.3, -0.25) is 9.59 Å². The predicted octanol–water partition coefficient (Wildman–Crippen LogP) is 5.01. The van der Waals surface area contributed by atoms with Gasteiger partial charge < -0.3 is 9.47 Å². The maximum atomic E-state index is 11.9. The van der Waals surface area contributed by atoms with Crippen molar-refractivity contribution < 1.29 is 19.1 Å². The van der Waals surface area contributed by atoms with Crippen molar-refractivity contribution >= 4 is 23.5 Å². The molecule has 1 aromatic rings. The molecule has 1 aromatic carbocycles. The third kappa shape index (κ3) is 8.92. The lowest BCUT2D eigenvalue weighted by molar-refractivity contribution is -0.152. The molecule has 0 saturated heterocycles. The van der Waals surface area contributed by atoms with Crippen LogP contribution >= 0.6 is 11.6 Å². The van der Waals surface area contributed by atoms with Gasteiger partial charge in [-0.05, 0) is 29.9 Å². The molecule has 0 aromatic heterocycles. The van der Waals surface area contributed by atoms with Crippen LogP contribution in [0.1, 0.15) is 64.0 Å². The molecule has 1 atom stereocenters. The first-order valence-electron chi connectivity index (χ1n) is 8.95. The molecule has 0 amide bonds. The largest absolute Gasteiger partial charge is 0.462 e. The van der Waals surface area contributed by atoms with E-state index in [4.69, 9.17) is 21.1 Å². The van der Waals surface area contributed by atoms with Gasteiger partial charge in [0, 0.05) is 18.7 Å². The number of alkyl halides is 1. The van der Waals surface area contributed by atoms with Gasteiger partial charge in [0.25, 0.3) is 0 Å². The van der Waals surface area contributed by atoms with Crippen molar-refractivity contribution in [3.8, 4) is 0 Å². The highest BCUT2D eigenvalue weighted by molar-refractivity contribution is 6.17. The average molecular weight is 369 g/mol. The molecule has 0 fully saturated rings. The number of hydrogen-bond donors (Lipinski definition) is 0. The van der Waals surface area contributed by atoms with Gasteiger partial charge in [-0.1, -0.05) is 51.5 Å². The highest BCUT2D eigenvalue weighted by Gasteiger charge is 2.17. The molecule has 0 saturated carbocycles. The van der Waals surface area contributed by atoms with Gasteiger partial charge in [0.05, 0.1) is 0 Å². The summed E-state index contributed by atoms with van der Waals surface area (Å²) < 4.78 is 10.7. The number of rotatable bonds is 11. The van der Waals surface area contributed by atoms with Crippen molar-refractivity contribution in [1.29, 1.82) is 0 Å². The standard InChI is InChI=1S/C20H29ClO4/c1-4-6-18(15(2)3)25-20(23)8-5-7-19(22)24-14-17-11-9-16(13-21)10-12-17/h9-12,15,18H,4-8,13-14H2,1-3H3. The van der Waals surface area contributed by atoms with Gasteiger partial charge in [0.1, 0.15) is 12.7 Å². The van der Waals surface area contributed by atoms with Crippen LogP contribution in [0.3, 0.4) is 0 Å². The number of halogens is 1. The highest BCUT2D eigenvalue weighted by atomic mass is 35.5. The second-order valence-electron chi connectivity index (χ2n) is 6.53. The third-order valence-electron chi connectivity index (χ3n) is 3.94. The van der Waals surface area contributed by atoms with Crippen LogP contribution in [0, 0.1) is 5.92 Å². The van der Waals surface area contributed by atoms with Gasteiger partial charge >= 0.3 is 11.9 Å². The summed E-state index contributed by atoms with van der Waals surface area (Å²) in [5.41, 5.74) is 1.94. The van der Waals surface area contributed by atoms with Gasteiger partial charge in [-0.15, -0.1) is 11.6 Å². The molecule has 25 heavy (non-hydrogen) atoms. The lowest BCUT2D eigenvalue weighted by Crippen LogP contribution is -2.23. The van der Waals surface area contributed by atoms with Crippen molar-refractivity contribution in [2.75, 3.05) is 0 Å². The van der Waals surface area contributed by atoms with E-state index in [9.17, 15) is 9.59 Å². The maximum absolute atomic E-state index is 11.9. The topological polar surface area (TPSA) is 52.6 Å². The van der Waals surface area contributed by atoms with Crippen LogP contribution < -0.4 is 0 Å². The summed E-state index contributed by atoms with van der Waals surface area (Å²) in [6, 6.07) is 7.60. The molecule has 0 aliphatic carbocycles. The van der Waals surface area contributed by atoms with Gasteiger partial charge in [0.15, 0.2) is 0 Å². The van der Waals surface area contributed by atoms with Crippen molar-refractivity contribution in [3.63, 3.8) is 0 Å². The zero-order chi connectivity index (χ0) is 18.7. The summed E-state index contributed by atoms with van der Waals surface area (Å²) in [5.74, 6) is 0.227. The quantitative estimate of drug-likeness (QED) is 0.407. The average Bonchev–Trinajstić information content (AvgIpc) is 2.60. The van der Waals surface area contributed by atoms with Crippen LogP contribution in [0.5, 0.6) is 0 Å². The second kappa shape index (κ2) is 11.9. The summed E-state index contributed by atoms with van der Waals surface area (Å²) in [6.45, 7) is 6.40. The Labute approximate surface area is 155 Å². The van der Waals surface area contributed by atoms with Crippen LogP contribution in [0.15, 0.2) is 24.3 Å². The van der Waals surface area contributed by atoms with Crippen molar-refractivity contribution in [2.45, 2.75) is 71.5 Å². The number of benzene rings is 1. The van der Waals surface area contributed by atoms with Gasteiger partial charge in [-0.25, -0.2) is 0 Å². The lowest BCUT2D eigenvalue weighted by atomic mass is 10.0. The molecule has 0 spiro atoms. The fourth-order valence-corrected chi connectivity index (χ4v) is 2.56. The number of ether oxygens (including phenoxy) is 2. The monoisotopic (exact) mass is 368 g/mol. The van der Waals surface area contributed by atoms with E-state index in [0.29, 0.717) is 18.2 Å². The molecule has 0 aliphatic heterocycles. The number of carbonyl (C=O) groups excluding carboxylic acids is 2. The molecular formula is C20H29ClO4. The van der Waals surface area contributed by atoms with Crippen molar-refractivity contribution in [2.24, 2.45) is 5.92 Å². The van der Waals surface area contributed by atoms with E-state index in [1.165, 1.54) is 0 Å². The summed E-state index contributed by atoms with van der Waals surface area (Å²) in [5, 5.41) is 0. The van der Waals surface area contributed by atoms with Crippen LogP contribution in [0.4, 0.5) is 0 Å². The Morgan fingerprint density at radius 2 is 1.64 bits per heavy atom. The Morgan fingerprint density at radius 3 is 2.20 bits per heavy atom. The summed E-state index contributed by atoms with van der Waals surface area (Å²) in [4.78, 5) is 23.6. The third-order valence-corrected chi connectivity index (χ3v) is 4.25. The van der Waals surface area contributed by atoms with E-state index < -0.39 is 0 Å². The predicted molar refractivity (Wildman–Crippen MR) is 99.3 cm³/mol. The highest BCUT2D eigenvalue weighted by Crippen LogP contribution is 2.15. The Morgan fingerprint density at radius 1 is 1.04 bits per heavy atom. The molecule has 4 nitrogen and oxygen atoms in total. The SMILES string of the molecule is CCCC(OC(=O)CCCC(=O)OCc1ccc(CCl)cc1)C(C)C. The minimum absolute atomic E-state index is 0.0413. The van der Waals surface area contributed by atoms with Gasteiger partial charge in [0.2, 0.25) is 0 Å². The number of esters is 2. The molecule has 1 rings (SSSR count). The first-order chi connectivity index (χ1) is 12.0. The van der Waals surface area contributed by atoms with E-state index in [2.05, 4.69) is 6.92 Å². The van der Waals surface area contributed by atoms with E-state index in [0.717, 1.165) is 24.0 Å². The molecule has 140 valence electrons. The zero-order valence-corrected chi connectivity index (χ0v) is 16.2. The summed E-state index contributed by atoms with van der Waals surface area (Å²) in [7, 11) is 0. The minimum atomic E-state index is -0.303. The van der Waals surface area contributed by atoms with E-state index in [1.807, 2.05) is 38.1 Å². The van der Waals surface area contributed by atoms with Crippen LogP contribution in [-0.2, 0) is 31.5 Å². The Balaban J connectivity index is 2.23. The Bertz CT molecular complexity index is 525. The Kier molecular flexibility index (Phi) is 10.2. The summed E-state index contributed by atoms with van der Waals surface area (Å²) >= 11 is 5.73. The molecule has 0 heterocycles.